The highest BCUT2D eigenvalue weighted by molar-refractivity contribution is 6.18. The number of methoxy groups -OCH3 is 1. The second-order valence-electron chi connectivity index (χ2n) is 5.11. The van der Waals surface area contributed by atoms with Crippen LogP contribution in [0.2, 0.25) is 0 Å². The minimum atomic E-state index is -0.322. The first-order valence-electron chi connectivity index (χ1n) is 7.15. The second kappa shape index (κ2) is 6.30. The van der Waals surface area contributed by atoms with Crippen LogP contribution in [0, 0.1) is 12.7 Å². The molecule has 0 fully saturated rings. The number of halogens is 1. The van der Waals surface area contributed by atoms with E-state index in [2.05, 4.69) is 0 Å². The summed E-state index contributed by atoms with van der Waals surface area (Å²) >= 11 is 0. The average molecular weight is 309 g/mol. The Morgan fingerprint density at radius 2 is 1.61 bits per heavy atom. The third kappa shape index (κ3) is 2.53. The Bertz CT molecular complexity index is 864. The summed E-state index contributed by atoms with van der Waals surface area (Å²) in [5.41, 5.74) is 1.82. The van der Waals surface area contributed by atoms with Gasteiger partial charge in [-0.05, 0) is 18.4 Å². The van der Waals surface area contributed by atoms with Crippen LogP contribution >= 0.6 is 0 Å². The van der Waals surface area contributed by atoms with Crippen LogP contribution in [0.15, 0.2) is 48.5 Å². The highest BCUT2D eigenvalue weighted by atomic mass is 19.1. The molecule has 5 heteroatoms. The monoisotopic (exact) mass is 309 g/mol. The molecule has 0 aliphatic rings. The van der Waals surface area contributed by atoms with Crippen LogP contribution in [0.1, 0.15) is 5.56 Å². The lowest BCUT2D eigenvalue weighted by molar-refractivity contribution is 0.407. The van der Waals surface area contributed by atoms with Crippen LogP contribution in [0.3, 0.4) is 0 Å². The molecule has 3 aromatic carbocycles. The first kappa shape index (κ1) is 15.4. The van der Waals surface area contributed by atoms with E-state index in [0.717, 1.165) is 10.8 Å². The van der Waals surface area contributed by atoms with Crippen LogP contribution in [-0.2, 0) is 0 Å². The minimum absolute atomic E-state index is 0.322. The molecule has 0 atom stereocenters. The molecule has 23 heavy (non-hydrogen) atoms. The summed E-state index contributed by atoms with van der Waals surface area (Å²) in [5, 5.41) is 10.6. The lowest BCUT2D eigenvalue weighted by Gasteiger charge is -2.19. The zero-order valence-electron chi connectivity index (χ0n) is 12.8. The predicted octanol–water partition coefficient (Wildman–Crippen LogP) is 3.87. The molecule has 0 aliphatic carbocycles. The fourth-order valence-corrected chi connectivity index (χ4v) is 2.91. The molecule has 3 aromatic rings. The van der Waals surface area contributed by atoms with Gasteiger partial charge < -0.3 is 14.4 Å². The van der Waals surface area contributed by atoms with Gasteiger partial charge in [0.1, 0.15) is 17.3 Å². The van der Waals surface area contributed by atoms with Gasteiger partial charge >= 0.3 is 7.69 Å². The first-order chi connectivity index (χ1) is 11.2. The van der Waals surface area contributed by atoms with Gasteiger partial charge in [-0.3, -0.25) is 0 Å². The van der Waals surface area contributed by atoms with Crippen molar-refractivity contribution in [3.63, 3.8) is 0 Å². The number of ether oxygens (including phenoxy) is 1. The van der Waals surface area contributed by atoms with E-state index in [4.69, 9.17) is 14.4 Å². The maximum atomic E-state index is 14.4. The zero-order chi connectivity index (χ0) is 16.4. The molecule has 3 nitrogen and oxygen atoms in total. The van der Waals surface area contributed by atoms with Crippen LogP contribution < -0.4 is 9.39 Å². The van der Waals surface area contributed by atoms with E-state index >= 15 is 0 Å². The maximum absolute atomic E-state index is 14.4. The van der Waals surface area contributed by atoms with Gasteiger partial charge in [0.25, 0.3) is 0 Å². The standard InChI is InChI=1S/C18H15BFO3/c1-11-17(23-19-21)13-8-4-3-7-12(13)16(18(11)22-2)14-9-5-6-10-15(14)20/h3-10,21H,1-2H3. The summed E-state index contributed by atoms with van der Waals surface area (Å²) in [7, 11) is 2.17. The number of rotatable bonds is 4. The highest BCUT2D eigenvalue weighted by Crippen LogP contribution is 2.46. The number of hydrogen-bond donors (Lipinski definition) is 1. The molecule has 0 bridgehead atoms. The van der Waals surface area contributed by atoms with Crippen LogP contribution in [0.5, 0.6) is 11.5 Å². The van der Waals surface area contributed by atoms with E-state index in [1.807, 2.05) is 31.2 Å². The van der Waals surface area contributed by atoms with Gasteiger partial charge in [-0.25, -0.2) is 4.39 Å². The molecular formula is C18H15BFO3. The molecule has 0 amide bonds. The van der Waals surface area contributed by atoms with Gasteiger partial charge in [0.05, 0.1) is 7.11 Å². The summed E-state index contributed by atoms with van der Waals surface area (Å²) in [6.45, 7) is 1.81. The first-order valence-corrected chi connectivity index (χ1v) is 7.15. The summed E-state index contributed by atoms with van der Waals surface area (Å²) in [4.78, 5) is 0. The van der Waals surface area contributed by atoms with Gasteiger partial charge in [-0.15, -0.1) is 0 Å². The largest absolute Gasteiger partial charge is 0.569 e. The smallest absolute Gasteiger partial charge is 0.537 e. The molecular weight excluding hydrogens is 294 g/mol. The van der Waals surface area contributed by atoms with E-state index in [9.17, 15) is 4.39 Å². The average Bonchev–Trinajstić information content (AvgIpc) is 2.57. The molecule has 1 radical (unpaired) electrons. The topological polar surface area (TPSA) is 38.7 Å². The Morgan fingerprint density at radius 1 is 0.957 bits per heavy atom. The normalized spacial score (nSPS) is 10.6. The molecule has 0 heterocycles. The van der Waals surface area contributed by atoms with E-state index in [1.54, 1.807) is 18.2 Å². The molecule has 0 unspecified atom stereocenters. The molecule has 0 spiro atoms. The number of fused-ring (bicyclic) bond motifs is 1. The van der Waals surface area contributed by atoms with Gasteiger partial charge in [-0.1, -0.05) is 42.5 Å². The lowest BCUT2D eigenvalue weighted by atomic mass is 9.93. The second-order valence-corrected chi connectivity index (χ2v) is 5.11. The van der Waals surface area contributed by atoms with Gasteiger partial charge in [0.15, 0.2) is 0 Å². The predicted molar refractivity (Wildman–Crippen MR) is 89.2 cm³/mol. The molecule has 1 N–H and O–H groups in total. The summed E-state index contributed by atoms with van der Waals surface area (Å²) < 4.78 is 25.2. The van der Waals surface area contributed by atoms with Crippen molar-refractivity contribution in [1.82, 2.24) is 0 Å². The molecule has 0 aromatic heterocycles. The van der Waals surface area contributed by atoms with Crippen molar-refractivity contribution in [3.05, 3.63) is 59.9 Å². The summed E-state index contributed by atoms with van der Waals surface area (Å²) in [6.07, 6.45) is 0. The quantitative estimate of drug-likeness (QED) is 0.744. The van der Waals surface area contributed by atoms with Gasteiger partial charge in [0.2, 0.25) is 0 Å². The molecule has 0 saturated carbocycles. The van der Waals surface area contributed by atoms with Crippen molar-refractivity contribution in [1.29, 1.82) is 0 Å². The van der Waals surface area contributed by atoms with Crippen LogP contribution in [0.25, 0.3) is 21.9 Å². The Morgan fingerprint density at radius 3 is 2.26 bits per heavy atom. The molecule has 115 valence electrons. The zero-order valence-corrected chi connectivity index (χ0v) is 12.8. The molecule has 0 aliphatic heterocycles. The van der Waals surface area contributed by atoms with Crippen molar-refractivity contribution in [3.8, 4) is 22.6 Å². The number of benzene rings is 3. The Hall–Kier alpha value is -2.53. The van der Waals surface area contributed by atoms with Crippen LogP contribution in [-0.4, -0.2) is 19.8 Å². The van der Waals surface area contributed by atoms with Crippen LogP contribution in [0.4, 0.5) is 4.39 Å². The fraction of sp³-hybridized carbons (Fsp3) is 0.111. The van der Waals surface area contributed by atoms with E-state index in [1.165, 1.54) is 13.2 Å². The van der Waals surface area contributed by atoms with Gasteiger partial charge in [0, 0.05) is 22.1 Å². The molecule has 3 rings (SSSR count). The Balaban J connectivity index is 2.47. The van der Waals surface area contributed by atoms with Gasteiger partial charge in [-0.2, -0.15) is 0 Å². The third-order valence-electron chi connectivity index (χ3n) is 3.87. The van der Waals surface area contributed by atoms with Crippen molar-refractivity contribution in [2.24, 2.45) is 0 Å². The van der Waals surface area contributed by atoms with E-state index in [0.29, 0.717) is 35.9 Å². The lowest BCUT2D eigenvalue weighted by Crippen LogP contribution is -2.04. The van der Waals surface area contributed by atoms with Crippen molar-refractivity contribution < 1.29 is 18.8 Å². The summed E-state index contributed by atoms with van der Waals surface area (Å²) in [5.74, 6) is 0.684. The van der Waals surface area contributed by atoms with E-state index in [-0.39, 0.29) is 5.82 Å². The Labute approximate surface area is 134 Å². The van der Waals surface area contributed by atoms with Crippen molar-refractivity contribution >= 4 is 18.5 Å². The van der Waals surface area contributed by atoms with Crippen molar-refractivity contribution in [2.45, 2.75) is 6.92 Å². The minimum Gasteiger partial charge on any atom is -0.537 e. The molecule has 0 saturated heterocycles. The highest BCUT2D eigenvalue weighted by Gasteiger charge is 2.21. The number of hydrogen-bond acceptors (Lipinski definition) is 3. The SMILES string of the molecule is COc1c(C)c(O[B]O)c2ccccc2c1-c1ccccc1F. The Kier molecular flexibility index (Phi) is 4.21. The fourth-order valence-electron chi connectivity index (χ4n) is 2.91. The maximum Gasteiger partial charge on any atom is 0.569 e. The third-order valence-corrected chi connectivity index (χ3v) is 3.87. The van der Waals surface area contributed by atoms with E-state index < -0.39 is 0 Å². The van der Waals surface area contributed by atoms with Crippen molar-refractivity contribution in [2.75, 3.05) is 7.11 Å². The summed E-state index contributed by atoms with van der Waals surface area (Å²) in [6, 6.07) is 14.1.